The summed E-state index contributed by atoms with van der Waals surface area (Å²) in [4.78, 5) is 26.6. The van der Waals surface area contributed by atoms with Crippen LogP contribution in [0.5, 0.6) is 0 Å². The number of benzene rings is 1. The number of carbonyl (C=O) groups excluding carboxylic acids is 1. The lowest BCUT2D eigenvalue weighted by molar-refractivity contribution is -0.125. The van der Waals surface area contributed by atoms with Crippen molar-refractivity contribution in [3.8, 4) is 0 Å². The molecule has 1 amide bonds. The van der Waals surface area contributed by atoms with E-state index in [0.29, 0.717) is 6.54 Å². The molecule has 1 aliphatic heterocycles. The highest BCUT2D eigenvalue weighted by atomic mass is 16.1. The highest BCUT2D eigenvalue weighted by Crippen LogP contribution is 2.26. The standard InChI is InChI=1S/C23H31N5O/c1-2-27(20-8-4-3-5-9-20)15-12-24-22(29)18-10-11-21-19(16-18)17-25-23(26-21)28-13-6-7-14-28/h3-5,8-9,17-18H,2,6-7,10-16H2,1H3,(H,24,29). The fourth-order valence-corrected chi connectivity index (χ4v) is 4.36. The van der Waals surface area contributed by atoms with Crippen molar-refractivity contribution in [2.75, 3.05) is 42.5 Å². The van der Waals surface area contributed by atoms with Gasteiger partial charge in [-0.15, -0.1) is 0 Å². The second kappa shape index (κ2) is 9.25. The van der Waals surface area contributed by atoms with Crippen LogP contribution in [0.2, 0.25) is 0 Å². The molecular formula is C23H31N5O. The average molecular weight is 394 g/mol. The molecule has 2 heterocycles. The minimum atomic E-state index is 0.0236. The second-order valence-electron chi connectivity index (χ2n) is 7.98. The number of nitrogens with one attached hydrogen (secondary N) is 1. The molecule has 2 aliphatic rings. The molecule has 0 spiro atoms. The maximum Gasteiger partial charge on any atom is 0.225 e. The first kappa shape index (κ1) is 19.7. The zero-order chi connectivity index (χ0) is 20.1. The summed E-state index contributed by atoms with van der Waals surface area (Å²) >= 11 is 0. The van der Waals surface area contributed by atoms with Gasteiger partial charge in [-0.05, 0) is 56.7 Å². The SMILES string of the molecule is CCN(CCNC(=O)C1CCc2nc(N3CCCC3)ncc2C1)c1ccccc1. The van der Waals surface area contributed by atoms with Crippen molar-refractivity contribution in [1.82, 2.24) is 15.3 Å². The molecule has 1 aliphatic carbocycles. The van der Waals surface area contributed by atoms with Crippen LogP contribution in [0.3, 0.4) is 0 Å². The minimum Gasteiger partial charge on any atom is -0.370 e. The van der Waals surface area contributed by atoms with E-state index in [2.05, 4.69) is 39.2 Å². The van der Waals surface area contributed by atoms with E-state index < -0.39 is 0 Å². The maximum atomic E-state index is 12.7. The molecule has 6 nitrogen and oxygen atoms in total. The van der Waals surface area contributed by atoms with Crippen molar-refractivity contribution in [2.45, 2.75) is 39.0 Å². The van der Waals surface area contributed by atoms with Gasteiger partial charge in [0.05, 0.1) is 0 Å². The molecule has 1 aromatic heterocycles. The number of para-hydroxylation sites is 1. The van der Waals surface area contributed by atoms with Gasteiger partial charge in [0.1, 0.15) is 0 Å². The number of rotatable bonds is 7. The van der Waals surface area contributed by atoms with E-state index in [1.54, 1.807) is 0 Å². The molecule has 154 valence electrons. The topological polar surface area (TPSA) is 61.4 Å². The molecule has 4 rings (SSSR count). The first-order valence-electron chi connectivity index (χ1n) is 10.9. The maximum absolute atomic E-state index is 12.7. The van der Waals surface area contributed by atoms with Crippen LogP contribution >= 0.6 is 0 Å². The third-order valence-corrected chi connectivity index (χ3v) is 6.08. The summed E-state index contributed by atoms with van der Waals surface area (Å²) in [6.07, 6.45) is 6.87. The van der Waals surface area contributed by atoms with Crippen molar-refractivity contribution < 1.29 is 4.79 Å². The molecule has 1 fully saturated rings. The molecule has 1 unspecified atom stereocenters. The quantitative estimate of drug-likeness (QED) is 0.784. The van der Waals surface area contributed by atoms with Crippen LogP contribution in [0.4, 0.5) is 11.6 Å². The number of aromatic nitrogens is 2. The summed E-state index contributed by atoms with van der Waals surface area (Å²) in [5.41, 5.74) is 3.47. The molecule has 6 heteroatoms. The Balaban J connectivity index is 1.29. The highest BCUT2D eigenvalue weighted by Gasteiger charge is 2.27. The Morgan fingerprint density at radius 3 is 2.79 bits per heavy atom. The fourth-order valence-electron chi connectivity index (χ4n) is 4.36. The molecule has 0 radical (unpaired) electrons. The lowest BCUT2D eigenvalue weighted by Crippen LogP contribution is -2.39. The zero-order valence-electron chi connectivity index (χ0n) is 17.3. The lowest BCUT2D eigenvalue weighted by Gasteiger charge is -2.26. The van der Waals surface area contributed by atoms with Gasteiger partial charge in [-0.3, -0.25) is 4.79 Å². The van der Waals surface area contributed by atoms with Crippen LogP contribution in [0, 0.1) is 5.92 Å². The van der Waals surface area contributed by atoms with Gasteiger partial charge in [0, 0.05) is 56.2 Å². The smallest absolute Gasteiger partial charge is 0.225 e. The number of hydrogen-bond acceptors (Lipinski definition) is 5. The summed E-state index contributed by atoms with van der Waals surface area (Å²) in [7, 11) is 0. The van der Waals surface area contributed by atoms with Gasteiger partial charge in [0.2, 0.25) is 11.9 Å². The Bertz CT molecular complexity index is 819. The van der Waals surface area contributed by atoms with Gasteiger partial charge < -0.3 is 15.1 Å². The van der Waals surface area contributed by atoms with Crippen LogP contribution in [-0.2, 0) is 17.6 Å². The van der Waals surface area contributed by atoms with Gasteiger partial charge in [-0.25, -0.2) is 9.97 Å². The zero-order valence-corrected chi connectivity index (χ0v) is 17.3. The Kier molecular flexibility index (Phi) is 6.27. The Morgan fingerprint density at radius 1 is 1.24 bits per heavy atom. The number of amides is 1. The van der Waals surface area contributed by atoms with E-state index in [0.717, 1.165) is 62.6 Å². The number of hydrogen-bond donors (Lipinski definition) is 1. The van der Waals surface area contributed by atoms with Gasteiger partial charge in [-0.1, -0.05) is 18.2 Å². The van der Waals surface area contributed by atoms with Crippen molar-refractivity contribution >= 4 is 17.5 Å². The number of aryl methyl sites for hydroxylation is 1. The summed E-state index contributed by atoms with van der Waals surface area (Å²) in [6, 6.07) is 10.3. The number of carbonyl (C=O) groups is 1. The number of nitrogens with zero attached hydrogens (tertiary/aromatic N) is 4. The van der Waals surface area contributed by atoms with E-state index in [4.69, 9.17) is 4.98 Å². The van der Waals surface area contributed by atoms with E-state index in [1.807, 2.05) is 24.4 Å². The van der Waals surface area contributed by atoms with Crippen molar-refractivity contribution in [2.24, 2.45) is 5.92 Å². The predicted octanol–water partition coefficient (Wildman–Crippen LogP) is 2.82. The summed E-state index contributed by atoms with van der Waals surface area (Å²) in [6.45, 7) is 6.66. The average Bonchev–Trinajstić information content (AvgIpc) is 3.31. The fraction of sp³-hybridized carbons (Fsp3) is 0.522. The molecule has 1 aromatic carbocycles. The molecule has 0 bridgehead atoms. The molecule has 2 aromatic rings. The third-order valence-electron chi connectivity index (χ3n) is 6.08. The minimum absolute atomic E-state index is 0.0236. The van der Waals surface area contributed by atoms with Crippen LogP contribution in [0.15, 0.2) is 36.5 Å². The van der Waals surface area contributed by atoms with Gasteiger partial charge in [0.15, 0.2) is 0 Å². The van der Waals surface area contributed by atoms with Gasteiger partial charge in [-0.2, -0.15) is 0 Å². The van der Waals surface area contributed by atoms with E-state index in [1.165, 1.54) is 18.5 Å². The largest absolute Gasteiger partial charge is 0.370 e. The monoisotopic (exact) mass is 393 g/mol. The van der Waals surface area contributed by atoms with E-state index in [-0.39, 0.29) is 11.8 Å². The Labute approximate surface area is 173 Å². The summed E-state index contributed by atoms with van der Waals surface area (Å²) in [5.74, 6) is 1.05. The van der Waals surface area contributed by atoms with Gasteiger partial charge >= 0.3 is 0 Å². The Morgan fingerprint density at radius 2 is 2.03 bits per heavy atom. The summed E-state index contributed by atoms with van der Waals surface area (Å²) in [5, 5.41) is 3.14. The first-order valence-corrected chi connectivity index (χ1v) is 10.9. The lowest BCUT2D eigenvalue weighted by atomic mass is 9.86. The first-order chi connectivity index (χ1) is 14.2. The number of likely N-dealkylation sites (N-methyl/N-ethyl adjacent to an activating group) is 1. The van der Waals surface area contributed by atoms with E-state index >= 15 is 0 Å². The van der Waals surface area contributed by atoms with Crippen LogP contribution in [0.1, 0.15) is 37.4 Å². The molecule has 1 atom stereocenters. The van der Waals surface area contributed by atoms with Crippen LogP contribution in [-0.4, -0.2) is 48.6 Å². The number of anilines is 2. The molecular weight excluding hydrogens is 362 g/mol. The van der Waals surface area contributed by atoms with Crippen molar-refractivity contribution in [3.05, 3.63) is 47.8 Å². The second-order valence-corrected chi connectivity index (χ2v) is 7.98. The van der Waals surface area contributed by atoms with Crippen LogP contribution in [0.25, 0.3) is 0 Å². The summed E-state index contributed by atoms with van der Waals surface area (Å²) < 4.78 is 0. The van der Waals surface area contributed by atoms with Crippen LogP contribution < -0.4 is 15.1 Å². The molecule has 1 N–H and O–H groups in total. The van der Waals surface area contributed by atoms with E-state index in [9.17, 15) is 4.79 Å². The number of fused-ring (bicyclic) bond motifs is 1. The van der Waals surface area contributed by atoms with Gasteiger partial charge in [0.25, 0.3) is 0 Å². The molecule has 0 saturated carbocycles. The van der Waals surface area contributed by atoms with Crippen molar-refractivity contribution in [1.29, 1.82) is 0 Å². The Hall–Kier alpha value is -2.63. The van der Waals surface area contributed by atoms with Crippen molar-refractivity contribution in [3.63, 3.8) is 0 Å². The predicted molar refractivity (Wildman–Crippen MR) is 116 cm³/mol. The highest BCUT2D eigenvalue weighted by molar-refractivity contribution is 5.79. The normalized spacial score (nSPS) is 18.4. The third kappa shape index (κ3) is 4.69. The molecule has 29 heavy (non-hydrogen) atoms. The molecule has 1 saturated heterocycles.